The van der Waals surface area contributed by atoms with Gasteiger partial charge in [0, 0.05) is 19.3 Å². The van der Waals surface area contributed by atoms with Crippen LogP contribution in [0.1, 0.15) is 19.5 Å². The van der Waals surface area contributed by atoms with Crippen LogP contribution in [0.15, 0.2) is 18.3 Å². The van der Waals surface area contributed by atoms with E-state index in [9.17, 15) is 9.59 Å². The maximum Gasteiger partial charge on any atom is 0.326 e. The summed E-state index contributed by atoms with van der Waals surface area (Å²) in [4.78, 5) is 22.5. The molecule has 0 bridgehead atoms. The van der Waals surface area contributed by atoms with Crippen LogP contribution in [0.4, 0.5) is 0 Å². The molecule has 1 heterocycles. The topological polar surface area (TPSA) is 84.2 Å². The standard InChI is InChI=1S/C12H17N3O3/c1-8(2)11(12(17)18)14-10(16)5-4-9-6-7-13-15(9)3/h4-8,11H,1-3H3,(H,14,16)(H,17,18)/t11-/m1/s1. The first kappa shape index (κ1) is 14.0. The Bertz CT molecular complexity index is 463. The molecule has 2 N–H and O–H groups in total. The van der Waals surface area contributed by atoms with Crippen molar-refractivity contribution in [2.75, 3.05) is 0 Å². The van der Waals surface area contributed by atoms with Crippen molar-refractivity contribution in [1.82, 2.24) is 15.1 Å². The molecule has 6 nitrogen and oxygen atoms in total. The Kier molecular flexibility index (Phi) is 4.65. The van der Waals surface area contributed by atoms with E-state index in [4.69, 9.17) is 5.11 Å². The van der Waals surface area contributed by atoms with Gasteiger partial charge in [0.2, 0.25) is 5.91 Å². The summed E-state index contributed by atoms with van der Waals surface area (Å²) in [6.45, 7) is 3.48. The number of aryl methyl sites for hydroxylation is 1. The molecule has 0 saturated heterocycles. The van der Waals surface area contributed by atoms with Gasteiger partial charge in [0.15, 0.2) is 0 Å². The lowest BCUT2D eigenvalue weighted by atomic mass is 10.0. The van der Waals surface area contributed by atoms with Crippen molar-refractivity contribution >= 4 is 18.0 Å². The minimum absolute atomic E-state index is 0.170. The van der Waals surface area contributed by atoms with E-state index < -0.39 is 17.9 Å². The summed E-state index contributed by atoms with van der Waals surface area (Å²) in [7, 11) is 1.76. The van der Waals surface area contributed by atoms with Crippen molar-refractivity contribution in [2.45, 2.75) is 19.9 Å². The van der Waals surface area contributed by atoms with Crippen molar-refractivity contribution < 1.29 is 14.7 Å². The molecule has 1 aromatic heterocycles. The van der Waals surface area contributed by atoms with Crippen molar-refractivity contribution in [3.63, 3.8) is 0 Å². The van der Waals surface area contributed by atoms with Gasteiger partial charge in [0.05, 0.1) is 5.69 Å². The number of carbonyl (C=O) groups is 2. The largest absolute Gasteiger partial charge is 0.480 e. The normalized spacial score (nSPS) is 12.9. The number of rotatable bonds is 5. The van der Waals surface area contributed by atoms with Gasteiger partial charge in [-0.25, -0.2) is 4.79 Å². The van der Waals surface area contributed by atoms with Gasteiger partial charge in [-0.1, -0.05) is 13.8 Å². The average molecular weight is 251 g/mol. The van der Waals surface area contributed by atoms with Gasteiger partial charge in [-0.2, -0.15) is 5.10 Å². The zero-order valence-corrected chi connectivity index (χ0v) is 10.6. The van der Waals surface area contributed by atoms with E-state index in [-0.39, 0.29) is 5.92 Å². The van der Waals surface area contributed by atoms with Gasteiger partial charge in [-0.3, -0.25) is 9.48 Å². The zero-order chi connectivity index (χ0) is 13.7. The molecule has 0 aliphatic rings. The molecule has 6 heteroatoms. The highest BCUT2D eigenvalue weighted by atomic mass is 16.4. The van der Waals surface area contributed by atoms with Gasteiger partial charge < -0.3 is 10.4 Å². The quantitative estimate of drug-likeness (QED) is 0.753. The molecular weight excluding hydrogens is 234 g/mol. The van der Waals surface area contributed by atoms with E-state index >= 15 is 0 Å². The van der Waals surface area contributed by atoms with E-state index in [2.05, 4.69) is 10.4 Å². The maximum absolute atomic E-state index is 11.6. The fourth-order valence-electron chi connectivity index (χ4n) is 1.42. The summed E-state index contributed by atoms with van der Waals surface area (Å²) >= 11 is 0. The Labute approximate surface area is 105 Å². The predicted molar refractivity (Wildman–Crippen MR) is 66.6 cm³/mol. The van der Waals surface area contributed by atoms with Crippen LogP contribution >= 0.6 is 0 Å². The number of carboxylic acid groups (broad SMARTS) is 1. The highest BCUT2D eigenvalue weighted by Gasteiger charge is 2.22. The molecule has 0 aliphatic heterocycles. The van der Waals surface area contributed by atoms with Gasteiger partial charge in [0.25, 0.3) is 0 Å². The molecule has 1 atom stereocenters. The second-order valence-electron chi connectivity index (χ2n) is 4.28. The number of aromatic nitrogens is 2. The molecule has 0 aliphatic carbocycles. The molecule has 98 valence electrons. The lowest BCUT2D eigenvalue weighted by Gasteiger charge is -2.16. The molecule has 1 amide bonds. The summed E-state index contributed by atoms with van der Waals surface area (Å²) in [5.74, 6) is -1.64. The lowest BCUT2D eigenvalue weighted by Crippen LogP contribution is -2.43. The van der Waals surface area contributed by atoms with Gasteiger partial charge in [0.1, 0.15) is 6.04 Å². The van der Waals surface area contributed by atoms with Gasteiger partial charge >= 0.3 is 5.97 Å². The first-order chi connectivity index (χ1) is 8.41. The molecule has 0 radical (unpaired) electrons. The fraction of sp³-hybridized carbons (Fsp3) is 0.417. The monoisotopic (exact) mass is 251 g/mol. The molecular formula is C12H17N3O3. The zero-order valence-electron chi connectivity index (χ0n) is 10.6. The predicted octanol–water partition coefficient (Wildman–Crippen LogP) is 0.659. The lowest BCUT2D eigenvalue weighted by molar-refractivity contribution is -0.142. The number of nitrogens with one attached hydrogen (secondary N) is 1. The summed E-state index contributed by atoms with van der Waals surface area (Å²) in [5, 5.41) is 15.3. The Balaban J connectivity index is 2.64. The van der Waals surface area contributed by atoms with E-state index in [0.717, 1.165) is 5.69 Å². The fourth-order valence-corrected chi connectivity index (χ4v) is 1.42. The van der Waals surface area contributed by atoms with Crippen LogP contribution in [0.3, 0.4) is 0 Å². The summed E-state index contributed by atoms with van der Waals surface area (Å²) in [5.41, 5.74) is 0.765. The molecule has 1 aromatic rings. The number of hydrogen-bond donors (Lipinski definition) is 2. The van der Waals surface area contributed by atoms with E-state index in [1.807, 2.05) is 0 Å². The molecule has 1 rings (SSSR count). The molecule has 0 fully saturated rings. The number of nitrogens with zero attached hydrogens (tertiary/aromatic N) is 2. The first-order valence-corrected chi connectivity index (χ1v) is 5.61. The second kappa shape index (κ2) is 6.00. The smallest absolute Gasteiger partial charge is 0.326 e. The SMILES string of the molecule is CC(C)[C@@H](NC(=O)C=Cc1ccnn1C)C(=O)O. The maximum atomic E-state index is 11.6. The van der Waals surface area contributed by atoms with E-state index in [1.54, 1.807) is 43.9 Å². The highest BCUT2D eigenvalue weighted by Crippen LogP contribution is 2.03. The van der Waals surface area contributed by atoms with Crippen molar-refractivity contribution in [3.05, 3.63) is 24.0 Å². The van der Waals surface area contributed by atoms with Crippen LogP contribution in [0.25, 0.3) is 6.08 Å². The number of hydrogen-bond acceptors (Lipinski definition) is 3. The Morgan fingerprint density at radius 3 is 2.61 bits per heavy atom. The third-order valence-corrected chi connectivity index (χ3v) is 2.49. The Morgan fingerprint density at radius 1 is 1.50 bits per heavy atom. The van der Waals surface area contributed by atoms with Gasteiger partial charge in [-0.15, -0.1) is 0 Å². The Hall–Kier alpha value is -2.11. The van der Waals surface area contributed by atoms with Crippen LogP contribution < -0.4 is 5.32 Å². The number of carboxylic acids is 1. The highest BCUT2D eigenvalue weighted by molar-refractivity contribution is 5.94. The van der Waals surface area contributed by atoms with E-state index in [0.29, 0.717) is 0 Å². The summed E-state index contributed by atoms with van der Waals surface area (Å²) < 4.78 is 1.61. The van der Waals surface area contributed by atoms with Crippen LogP contribution in [0.5, 0.6) is 0 Å². The third-order valence-electron chi connectivity index (χ3n) is 2.49. The summed E-state index contributed by atoms with van der Waals surface area (Å²) in [6, 6.07) is 0.870. The second-order valence-corrected chi connectivity index (χ2v) is 4.28. The first-order valence-electron chi connectivity index (χ1n) is 5.61. The number of amides is 1. The number of carbonyl (C=O) groups excluding carboxylic acids is 1. The van der Waals surface area contributed by atoms with Crippen LogP contribution in [-0.2, 0) is 16.6 Å². The average Bonchev–Trinajstić information content (AvgIpc) is 2.68. The van der Waals surface area contributed by atoms with Crippen molar-refractivity contribution in [3.8, 4) is 0 Å². The molecule has 0 aromatic carbocycles. The van der Waals surface area contributed by atoms with Crippen molar-refractivity contribution in [1.29, 1.82) is 0 Å². The minimum Gasteiger partial charge on any atom is -0.480 e. The molecule has 18 heavy (non-hydrogen) atoms. The summed E-state index contributed by atoms with van der Waals surface area (Å²) in [6.07, 6.45) is 4.50. The third kappa shape index (κ3) is 3.73. The van der Waals surface area contributed by atoms with Crippen LogP contribution in [0, 0.1) is 5.92 Å². The van der Waals surface area contributed by atoms with E-state index in [1.165, 1.54) is 6.08 Å². The van der Waals surface area contributed by atoms with Crippen LogP contribution in [0.2, 0.25) is 0 Å². The van der Waals surface area contributed by atoms with Crippen molar-refractivity contribution in [2.24, 2.45) is 13.0 Å². The van der Waals surface area contributed by atoms with Crippen LogP contribution in [-0.4, -0.2) is 32.8 Å². The molecule has 0 unspecified atom stereocenters. The Morgan fingerprint density at radius 2 is 2.17 bits per heavy atom. The van der Waals surface area contributed by atoms with Gasteiger partial charge in [-0.05, 0) is 18.1 Å². The molecule has 0 spiro atoms. The molecule has 0 saturated carbocycles. The minimum atomic E-state index is -1.03. The number of aliphatic carboxylic acids is 1.